The van der Waals surface area contributed by atoms with Crippen molar-refractivity contribution in [2.45, 2.75) is 6.54 Å². The monoisotopic (exact) mass is 420 g/mol. The van der Waals surface area contributed by atoms with Crippen molar-refractivity contribution in [3.63, 3.8) is 0 Å². The normalized spacial score (nSPS) is 15.7. The van der Waals surface area contributed by atoms with Crippen LogP contribution in [0.5, 0.6) is 0 Å². The van der Waals surface area contributed by atoms with Gasteiger partial charge in [0, 0.05) is 48.4 Å². The van der Waals surface area contributed by atoms with Crippen LogP contribution >= 0.6 is 12.2 Å². The van der Waals surface area contributed by atoms with Gasteiger partial charge >= 0.3 is 0 Å². The summed E-state index contributed by atoms with van der Waals surface area (Å²) < 4.78 is 1.93. The van der Waals surface area contributed by atoms with E-state index in [1.807, 2.05) is 41.1 Å². The lowest BCUT2D eigenvalue weighted by Crippen LogP contribution is -2.52. The summed E-state index contributed by atoms with van der Waals surface area (Å²) in [6.07, 6.45) is 3.37. The molecule has 0 atom stereocenters. The molecule has 2 amide bonds. The molecule has 150 valence electrons. The lowest BCUT2D eigenvalue weighted by atomic mass is 10.1. The molecule has 1 fully saturated rings. The zero-order valence-electron chi connectivity index (χ0n) is 15.9. The Morgan fingerprint density at radius 1 is 1.17 bits per heavy atom. The largest absolute Gasteiger partial charge is 0.342 e. The first kappa shape index (κ1) is 19.5. The molecule has 0 unspecified atom stereocenters. The number of amides is 2. The van der Waals surface area contributed by atoms with Gasteiger partial charge in [0.1, 0.15) is 5.57 Å². The van der Waals surface area contributed by atoms with Crippen LogP contribution in [0.15, 0.2) is 60.3 Å². The topological polar surface area (TPSA) is 97.5 Å². The predicted molar refractivity (Wildman–Crippen MR) is 116 cm³/mol. The van der Waals surface area contributed by atoms with Gasteiger partial charge in [0.05, 0.1) is 4.92 Å². The quantitative estimate of drug-likeness (QED) is 0.230. The van der Waals surface area contributed by atoms with Crippen LogP contribution < -0.4 is 5.32 Å². The number of nitrogens with one attached hydrogen (secondary N) is 1. The van der Waals surface area contributed by atoms with E-state index in [2.05, 4.69) is 5.32 Å². The molecule has 8 nitrogen and oxygen atoms in total. The number of likely N-dealkylation sites (N-methyl/N-ethyl adjacent to an activating group) is 1. The summed E-state index contributed by atoms with van der Waals surface area (Å²) in [6, 6.07) is 14.0. The van der Waals surface area contributed by atoms with Crippen LogP contribution in [0.4, 0.5) is 5.69 Å². The molecule has 0 spiro atoms. The molecule has 0 radical (unpaired) electrons. The summed E-state index contributed by atoms with van der Waals surface area (Å²) in [4.78, 5) is 36.7. The van der Waals surface area contributed by atoms with E-state index in [1.54, 1.807) is 12.1 Å². The number of carbonyl (C=O) groups excluding carboxylic acids is 2. The van der Waals surface area contributed by atoms with Gasteiger partial charge in [0.2, 0.25) is 0 Å². The number of non-ortho nitro benzene ring substituents is 1. The van der Waals surface area contributed by atoms with E-state index in [0.29, 0.717) is 12.1 Å². The summed E-state index contributed by atoms with van der Waals surface area (Å²) in [6.45, 7) is 0.398. The number of nitrogens with zero attached hydrogens (tertiary/aromatic N) is 3. The SMILES string of the molecule is CN1C(=O)/C(=C/c2cn(Cc3cccc([N+](=O)[O-])c3)c3ccccc23)C(=O)NC1=S. The smallest absolute Gasteiger partial charge is 0.269 e. The van der Waals surface area contributed by atoms with Crippen LogP contribution in [-0.2, 0) is 16.1 Å². The average molecular weight is 420 g/mol. The molecule has 1 aromatic heterocycles. The van der Waals surface area contributed by atoms with Crippen molar-refractivity contribution in [3.8, 4) is 0 Å². The lowest BCUT2D eigenvalue weighted by molar-refractivity contribution is -0.384. The minimum atomic E-state index is -0.543. The molecule has 1 aliphatic heterocycles. The highest BCUT2D eigenvalue weighted by molar-refractivity contribution is 7.80. The number of benzene rings is 2. The lowest BCUT2D eigenvalue weighted by Gasteiger charge is -2.24. The summed E-state index contributed by atoms with van der Waals surface area (Å²) in [7, 11) is 1.50. The molecule has 30 heavy (non-hydrogen) atoms. The van der Waals surface area contributed by atoms with E-state index in [4.69, 9.17) is 12.2 Å². The van der Waals surface area contributed by atoms with Crippen molar-refractivity contribution in [2.75, 3.05) is 7.05 Å². The van der Waals surface area contributed by atoms with Crippen molar-refractivity contribution >= 4 is 51.8 Å². The summed E-state index contributed by atoms with van der Waals surface area (Å²) in [5.74, 6) is -1.02. The van der Waals surface area contributed by atoms with Crippen molar-refractivity contribution in [1.29, 1.82) is 0 Å². The number of fused-ring (bicyclic) bond motifs is 1. The number of nitro benzene ring substituents is 1. The Balaban J connectivity index is 1.77. The van der Waals surface area contributed by atoms with Gasteiger partial charge in [0.15, 0.2) is 5.11 Å². The van der Waals surface area contributed by atoms with Crippen molar-refractivity contribution in [1.82, 2.24) is 14.8 Å². The highest BCUT2D eigenvalue weighted by atomic mass is 32.1. The number of hydrogen-bond donors (Lipinski definition) is 1. The Morgan fingerprint density at radius 2 is 1.93 bits per heavy atom. The van der Waals surface area contributed by atoms with Gasteiger partial charge < -0.3 is 4.57 Å². The fourth-order valence-electron chi connectivity index (χ4n) is 3.39. The van der Waals surface area contributed by atoms with Gasteiger partial charge in [-0.2, -0.15) is 0 Å². The molecule has 9 heteroatoms. The second kappa shape index (κ2) is 7.53. The molecule has 2 aromatic carbocycles. The van der Waals surface area contributed by atoms with E-state index in [-0.39, 0.29) is 16.4 Å². The Morgan fingerprint density at radius 3 is 2.70 bits per heavy atom. The molecule has 3 aromatic rings. The molecule has 1 N–H and O–H groups in total. The van der Waals surface area contributed by atoms with E-state index >= 15 is 0 Å². The number of carbonyl (C=O) groups is 2. The maximum Gasteiger partial charge on any atom is 0.269 e. The number of hydrogen-bond acceptors (Lipinski definition) is 5. The van der Waals surface area contributed by atoms with Gasteiger partial charge in [-0.1, -0.05) is 30.3 Å². The van der Waals surface area contributed by atoms with Gasteiger partial charge in [-0.25, -0.2) is 0 Å². The van der Waals surface area contributed by atoms with E-state index in [9.17, 15) is 19.7 Å². The van der Waals surface area contributed by atoms with Crippen molar-refractivity contribution in [2.24, 2.45) is 0 Å². The Bertz CT molecular complexity index is 1260. The molecule has 0 aliphatic carbocycles. The minimum absolute atomic E-state index is 0.00986. The highest BCUT2D eigenvalue weighted by Gasteiger charge is 2.31. The van der Waals surface area contributed by atoms with E-state index < -0.39 is 16.7 Å². The number of nitro groups is 1. The highest BCUT2D eigenvalue weighted by Crippen LogP contribution is 2.26. The first-order valence-electron chi connectivity index (χ1n) is 9.01. The van der Waals surface area contributed by atoms with Gasteiger partial charge in [-0.3, -0.25) is 29.9 Å². The molecule has 4 rings (SSSR count). The molecule has 1 saturated heterocycles. The second-order valence-electron chi connectivity index (χ2n) is 6.84. The fourth-order valence-corrected chi connectivity index (χ4v) is 3.56. The third-order valence-corrected chi connectivity index (χ3v) is 5.27. The molecule has 1 aliphatic rings. The number of para-hydroxylation sites is 1. The maximum atomic E-state index is 12.5. The van der Waals surface area contributed by atoms with Crippen molar-refractivity contribution < 1.29 is 14.5 Å². The number of aromatic nitrogens is 1. The summed E-state index contributed by atoms with van der Waals surface area (Å²) in [5.41, 5.74) is 2.35. The fraction of sp³-hybridized carbons (Fsp3) is 0.0952. The summed E-state index contributed by atoms with van der Waals surface area (Å²) in [5, 5.41) is 14.5. The standard InChI is InChI=1S/C21H16N4O4S/c1-23-20(27)17(19(26)22-21(23)30)10-14-12-24(18-8-3-2-7-16(14)18)11-13-5-4-6-15(9-13)25(28)29/h2-10,12H,11H2,1H3,(H,22,26,30)/b17-10+. The number of rotatable bonds is 4. The average Bonchev–Trinajstić information content (AvgIpc) is 3.07. The first-order valence-corrected chi connectivity index (χ1v) is 9.42. The Kier molecular flexibility index (Phi) is 4.88. The third-order valence-electron chi connectivity index (χ3n) is 4.90. The Hall–Kier alpha value is -3.85. The van der Waals surface area contributed by atoms with Crippen LogP contribution in [-0.4, -0.2) is 38.4 Å². The second-order valence-corrected chi connectivity index (χ2v) is 7.22. The molecular formula is C21H16N4O4S. The maximum absolute atomic E-state index is 12.5. The molecule has 0 bridgehead atoms. The number of thiocarbonyl (C=S) groups is 1. The zero-order chi connectivity index (χ0) is 21.4. The Labute approximate surface area is 176 Å². The molecule has 0 saturated carbocycles. The van der Waals surface area contributed by atoms with Crippen LogP contribution in [0.3, 0.4) is 0 Å². The van der Waals surface area contributed by atoms with E-state index in [1.165, 1.54) is 24.1 Å². The third kappa shape index (κ3) is 3.46. The van der Waals surface area contributed by atoms with E-state index in [0.717, 1.165) is 16.5 Å². The first-order chi connectivity index (χ1) is 14.3. The van der Waals surface area contributed by atoms with Gasteiger partial charge in [0.25, 0.3) is 17.5 Å². The molecule has 2 heterocycles. The van der Waals surface area contributed by atoms with Crippen molar-refractivity contribution in [3.05, 3.63) is 81.5 Å². The van der Waals surface area contributed by atoms with Crippen LogP contribution in [0.2, 0.25) is 0 Å². The van der Waals surface area contributed by atoms with Crippen LogP contribution in [0.25, 0.3) is 17.0 Å². The van der Waals surface area contributed by atoms with Gasteiger partial charge in [-0.05, 0) is 29.9 Å². The van der Waals surface area contributed by atoms with Crippen LogP contribution in [0.1, 0.15) is 11.1 Å². The zero-order valence-corrected chi connectivity index (χ0v) is 16.7. The predicted octanol–water partition coefficient (Wildman–Crippen LogP) is 2.85. The summed E-state index contributed by atoms with van der Waals surface area (Å²) >= 11 is 4.98. The van der Waals surface area contributed by atoms with Crippen LogP contribution in [0, 0.1) is 10.1 Å². The molecular weight excluding hydrogens is 404 g/mol. The van der Waals surface area contributed by atoms with Gasteiger partial charge in [-0.15, -0.1) is 0 Å². The minimum Gasteiger partial charge on any atom is -0.342 e.